The van der Waals surface area contributed by atoms with Crippen molar-refractivity contribution in [2.75, 3.05) is 20.1 Å². The number of rotatable bonds is 5. The van der Waals surface area contributed by atoms with E-state index < -0.39 is 0 Å². The van der Waals surface area contributed by atoms with Crippen LogP contribution in [0.1, 0.15) is 64.2 Å². The highest BCUT2D eigenvalue weighted by atomic mass is 16.2. The fourth-order valence-corrected chi connectivity index (χ4v) is 4.08. The summed E-state index contributed by atoms with van der Waals surface area (Å²) in [5, 5.41) is 3.25. The minimum absolute atomic E-state index is 0.200. The molecule has 0 heterocycles. The van der Waals surface area contributed by atoms with E-state index >= 15 is 0 Å². The largest absolute Gasteiger partial charge is 0.352 e. The van der Waals surface area contributed by atoms with Crippen LogP contribution in [0.4, 0.5) is 0 Å². The number of nitrogens with one attached hydrogen (secondary N) is 1. The van der Waals surface area contributed by atoms with Crippen molar-refractivity contribution in [2.24, 2.45) is 11.7 Å². The average Bonchev–Trinajstić information content (AvgIpc) is 2.75. The molecule has 2 saturated carbocycles. The van der Waals surface area contributed by atoms with Gasteiger partial charge in [-0.15, -0.1) is 0 Å². The standard InChI is InChI=1S/C17H33N3O/c1-20(16-11-7-6-8-14(16)12-18)13-17(21)19-15-9-4-2-3-5-10-15/h14-16H,2-13,18H2,1H3,(H,19,21). The van der Waals surface area contributed by atoms with Crippen LogP contribution in [-0.2, 0) is 4.79 Å². The van der Waals surface area contributed by atoms with Crippen molar-refractivity contribution in [2.45, 2.75) is 76.3 Å². The summed E-state index contributed by atoms with van der Waals surface area (Å²) in [5.41, 5.74) is 5.90. The lowest BCUT2D eigenvalue weighted by atomic mass is 9.84. The Morgan fingerprint density at radius 3 is 2.33 bits per heavy atom. The number of hydrogen-bond donors (Lipinski definition) is 2. The topological polar surface area (TPSA) is 58.4 Å². The molecule has 2 fully saturated rings. The minimum atomic E-state index is 0.200. The van der Waals surface area contributed by atoms with Gasteiger partial charge in [-0.3, -0.25) is 9.69 Å². The quantitative estimate of drug-likeness (QED) is 0.765. The van der Waals surface area contributed by atoms with Gasteiger partial charge in [0, 0.05) is 12.1 Å². The van der Waals surface area contributed by atoms with Gasteiger partial charge in [-0.05, 0) is 45.2 Å². The van der Waals surface area contributed by atoms with E-state index in [9.17, 15) is 4.79 Å². The second-order valence-corrected chi connectivity index (χ2v) is 7.02. The van der Waals surface area contributed by atoms with Crippen LogP contribution in [0.3, 0.4) is 0 Å². The molecule has 0 spiro atoms. The minimum Gasteiger partial charge on any atom is -0.352 e. The van der Waals surface area contributed by atoms with Crippen molar-refractivity contribution in [1.82, 2.24) is 10.2 Å². The Labute approximate surface area is 129 Å². The van der Waals surface area contributed by atoms with Crippen molar-refractivity contribution < 1.29 is 4.79 Å². The molecule has 21 heavy (non-hydrogen) atoms. The number of likely N-dealkylation sites (N-methyl/N-ethyl adjacent to an activating group) is 1. The van der Waals surface area contributed by atoms with E-state index in [0.29, 0.717) is 24.5 Å². The molecule has 4 nitrogen and oxygen atoms in total. The average molecular weight is 295 g/mol. The molecule has 122 valence electrons. The fraction of sp³-hybridized carbons (Fsp3) is 0.941. The Balaban J connectivity index is 1.77. The second-order valence-electron chi connectivity index (χ2n) is 7.02. The third-order valence-electron chi connectivity index (χ3n) is 5.35. The molecule has 2 aliphatic carbocycles. The molecular weight excluding hydrogens is 262 g/mol. The van der Waals surface area contributed by atoms with Gasteiger partial charge >= 0.3 is 0 Å². The van der Waals surface area contributed by atoms with Gasteiger partial charge in [-0.2, -0.15) is 0 Å². The zero-order valence-corrected chi connectivity index (χ0v) is 13.7. The number of amides is 1. The molecule has 0 aromatic carbocycles. The number of hydrogen-bond acceptors (Lipinski definition) is 3. The third-order valence-corrected chi connectivity index (χ3v) is 5.35. The maximum absolute atomic E-state index is 12.3. The van der Waals surface area contributed by atoms with E-state index in [1.807, 2.05) is 0 Å². The predicted molar refractivity (Wildman–Crippen MR) is 87.1 cm³/mol. The summed E-state index contributed by atoms with van der Waals surface area (Å²) in [7, 11) is 2.09. The molecule has 0 bridgehead atoms. The van der Waals surface area contributed by atoms with E-state index in [4.69, 9.17) is 5.73 Å². The lowest BCUT2D eigenvalue weighted by molar-refractivity contribution is -0.123. The molecule has 4 heteroatoms. The molecule has 2 atom stereocenters. The van der Waals surface area contributed by atoms with Crippen LogP contribution in [0.5, 0.6) is 0 Å². The Morgan fingerprint density at radius 2 is 1.67 bits per heavy atom. The second kappa shape index (κ2) is 8.74. The molecular formula is C17H33N3O. The van der Waals surface area contributed by atoms with Crippen LogP contribution in [0.25, 0.3) is 0 Å². The number of carbonyl (C=O) groups is 1. The van der Waals surface area contributed by atoms with Crippen molar-refractivity contribution in [3.05, 3.63) is 0 Å². The number of carbonyl (C=O) groups excluding carboxylic acids is 1. The maximum Gasteiger partial charge on any atom is 0.234 e. The monoisotopic (exact) mass is 295 g/mol. The van der Waals surface area contributed by atoms with E-state index in [2.05, 4.69) is 17.3 Å². The van der Waals surface area contributed by atoms with Crippen LogP contribution < -0.4 is 11.1 Å². The highest BCUT2D eigenvalue weighted by Gasteiger charge is 2.28. The van der Waals surface area contributed by atoms with Crippen molar-refractivity contribution in [1.29, 1.82) is 0 Å². The molecule has 0 aromatic rings. The molecule has 2 aliphatic rings. The fourth-order valence-electron chi connectivity index (χ4n) is 4.08. The first-order chi connectivity index (χ1) is 10.2. The predicted octanol–water partition coefficient (Wildman–Crippen LogP) is 2.27. The number of nitrogens with zero attached hydrogens (tertiary/aromatic N) is 1. The van der Waals surface area contributed by atoms with Crippen molar-refractivity contribution in [3.63, 3.8) is 0 Å². The van der Waals surface area contributed by atoms with Crippen LogP contribution in [-0.4, -0.2) is 43.0 Å². The van der Waals surface area contributed by atoms with Gasteiger partial charge in [0.15, 0.2) is 0 Å². The van der Waals surface area contributed by atoms with Gasteiger partial charge in [0.05, 0.1) is 6.54 Å². The Bertz CT molecular complexity index is 313. The zero-order chi connectivity index (χ0) is 15.1. The van der Waals surface area contributed by atoms with E-state index in [0.717, 1.165) is 19.4 Å². The first kappa shape index (κ1) is 16.8. The van der Waals surface area contributed by atoms with Gasteiger partial charge in [0.25, 0.3) is 0 Å². The number of nitrogens with two attached hydrogens (primary N) is 1. The van der Waals surface area contributed by atoms with E-state index in [1.54, 1.807) is 0 Å². The first-order valence-electron chi connectivity index (χ1n) is 8.90. The molecule has 0 saturated heterocycles. The summed E-state index contributed by atoms with van der Waals surface area (Å²) in [6, 6.07) is 0.897. The molecule has 2 rings (SSSR count). The Kier molecular flexibility index (Phi) is 6.97. The van der Waals surface area contributed by atoms with E-state index in [-0.39, 0.29) is 5.91 Å². The highest BCUT2D eigenvalue weighted by molar-refractivity contribution is 5.78. The lowest BCUT2D eigenvalue weighted by Gasteiger charge is -2.37. The SMILES string of the molecule is CN(CC(=O)NC1CCCCCC1)C1CCCCC1CN. The van der Waals surface area contributed by atoms with Gasteiger partial charge in [-0.1, -0.05) is 38.5 Å². The van der Waals surface area contributed by atoms with Crippen LogP contribution >= 0.6 is 0 Å². The first-order valence-corrected chi connectivity index (χ1v) is 8.90. The molecule has 3 N–H and O–H groups in total. The molecule has 0 radical (unpaired) electrons. The lowest BCUT2D eigenvalue weighted by Crippen LogP contribution is -2.48. The van der Waals surface area contributed by atoms with Crippen LogP contribution in [0, 0.1) is 5.92 Å². The van der Waals surface area contributed by atoms with Crippen LogP contribution in [0.15, 0.2) is 0 Å². The Morgan fingerprint density at radius 1 is 1.05 bits per heavy atom. The Hall–Kier alpha value is -0.610. The summed E-state index contributed by atoms with van der Waals surface area (Å²) in [4.78, 5) is 14.5. The molecule has 0 aromatic heterocycles. The molecule has 1 amide bonds. The smallest absolute Gasteiger partial charge is 0.234 e. The van der Waals surface area contributed by atoms with Gasteiger partial charge in [0.1, 0.15) is 0 Å². The van der Waals surface area contributed by atoms with E-state index in [1.165, 1.54) is 51.4 Å². The van der Waals surface area contributed by atoms with Crippen molar-refractivity contribution >= 4 is 5.91 Å². The summed E-state index contributed by atoms with van der Waals surface area (Å²) in [6.45, 7) is 1.27. The summed E-state index contributed by atoms with van der Waals surface area (Å²) < 4.78 is 0. The highest BCUT2D eigenvalue weighted by Crippen LogP contribution is 2.27. The van der Waals surface area contributed by atoms with Crippen LogP contribution in [0.2, 0.25) is 0 Å². The molecule has 2 unspecified atom stereocenters. The normalized spacial score (nSPS) is 28.3. The van der Waals surface area contributed by atoms with Gasteiger partial charge in [0.2, 0.25) is 5.91 Å². The summed E-state index contributed by atoms with van der Waals surface area (Å²) in [5.74, 6) is 0.764. The summed E-state index contributed by atoms with van der Waals surface area (Å²) in [6.07, 6.45) is 12.5. The third kappa shape index (κ3) is 5.26. The van der Waals surface area contributed by atoms with Gasteiger partial charge in [-0.25, -0.2) is 0 Å². The van der Waals surface area contributed by atoms with Gasteiger partial charge < -0.3 is 11.1 Å². The maximum atomic E-state index is 12.3. The van der Waals surface area contributed by atoms with Crippen molar-refractivity contribution in [3.8, 4) is 0 Å². The molecule has 0 aliphatic heterocycles. The summed E-state index contributed by atoms with van der Waals surface area (Å²) >= 11 is 0. The zero-order valence-electron chi connectivity index (χ0n) is 13.7.